The molecule has 0 aliphatic rings. The number of carbonyl (C=O) groups is 2. The highest BCUT2D eigenvalue weighted by atomic mass is 16.5. The lowest BCUT2D eigenvalue weighted by atomic mass is 10.0. The van der Waals surface area contributed by atoms with Gasteiger partial charge in [-0.05, 0) is 37.1 Å². The molecular formula is C20H21N3O6. The molecule has 0 bridgehead atoms. The molecule has 0 saturated heterocycles. The van der Waals surface area contributed by atoms with Crippen LogP contribution in [0.3, 0.4) is 0 Å². The first kappa shape index (κ1) is 20.0. The maximum Gasteiger partial charge on any atom is 0.322 e. The third kappa shape index (κ3) is 3.20. The first-order chi connectivity index (χ1) is 13.7. The van der Waals surface area contributed by atoms with Crippen LogP contribution in [0.4, 0.5) is 0 Å². The smallest absolute Gasteiger partial charge is 0.322 e. The Hall–Kier alpha value is -3.75. The van der Waals surface area contributed by atoms with Gasteiger partial charge < -0.3 is 20.3 Å². The minimum absolute atomic E-state index is 0.302. The number of aryl methyl sites for hydroxylation is 3. The number of methoxy groups -OCH3 is 1. The van der Waals surface area contributed by atoms with Crippen LogP contribution in [0.2, 0.25) is 0 Å². The summed E-state index contributed by atoms with van der Waals surface area (Å²) in [6.45, 7) is 2.93. The molecule has 3 aromatic rings. The second-order valence-corrected chi connectivity index (χ2v) is 6.60. The van der Waals surface area contributed by atoms with E-state index in [0.29, 0.717) is 22.5 Å². The summed E-state index contributed by atoms with van der Waals surface area (Å²) < 4.78 is 7.95. The van der Waals surface area contributed by atoms with Crippen LogP contribution in [0.5, 0.6) is 11.5 Å². The van der Waals surface area contributed by atoms with Crippen LogP contribution in [0.1, 0.15) is 21.6 Å². The van der Waals surface area contributed by atoms with Gasteiger partial charge in [0, 0.05) is 18.3 Å². The number of nitrogens with zero attached hydrogens (tertiary/aromatic N) is 2. The summed E-state index contributed by atoms with van der Waals surface area (Å²) >= 11 is 0. The number of carboxylic acids is 1. The van der Waals surface area contributed by atoms with E-state index in [2.05, 4.69) is 5.32 Å². The molecule has 1 amide bonds. The first-order valence-corrected chi connectivity index (χ1v) is 8.77. The van der Waals surface area contributed by atoms with Crippen LogP contribution < -0.4 is 15.6 Å². The molecule has 2 heterocycles. The first-order valence-electron chi connectivity index (χ1n) is 8.77. The zero-order valence-electron chi connectivity index (χ0n) is 16.4. The van der Waals surface area contributed by atoms with E-state index in [1.54, 1.807) is 30.7 Å². The largest absolute Gasteiger partial charge is 0.505 e. The molecule has 0 saturated carbocycles. The second kappa shape index (κ2) is 7.34. The molecule has 3 rings (SSSR count). The Bertz CT molecular complexity index is 1190. The summed E-state index contributed by atoms with van der Waals surface area (Å²) in [5, 5.41) is 21.6. The highest BCUT2D eigenvalue weighted by Crippen LogP contribution is 2.36. The molecule has 0 aliphatic heterocycles. The van der Waals surface area contributed by atoms with Gasteiger partial charge in [-0.15, -0.1) is 0 Å². The summed E-state index contributed by atoms with van der Waals surface area (Å²) in [6.07, 6.45) is 0. The van der Waals surface area contributed by atoms with Crippen molar-refractivity contribution in [2.45, 2.75) is 13.8 Å². The van der Waals surface area contributed by atoms with Crippen molar-refractivity contribution in [3.05, 3.63) is 51.4 Å². The standard InChI is InChI=1S/C20H21N3O6/c1-10-15(12-5-7-13(29-4)8-6-12)11(2)23-17(10)18(26)16(20(28)22(23)3)19(27)21-9-14(24)25/h5-8,26H,9H2,1-4H3,(H,21,27)(H,24,25). The van der Waals surface area contributed by atoms with Crippen molar-refractivity contribution < 1.29 is 24.5 Å². The summed E-state index contributed by atoms with van der Waals surface area (Å²) in [4.78, 5) is 35.8. The number of hydrogen-bond acceptors (Lipinski definition) is 5. The monoisotopic (exact) mass is 399 g/mol. The van der Waals surface area contributed by atoms with Gasteiger partial charge in [0.25, 0.3) is 11.5 Å². The van der Waals surface area contributed by atoms with Gasteiger partial charge in [-0.2, -0.15) is 0 Å². The van der Waals surface area contributed by atoms with Crippen molar-refractivity contribution in [1.82, 2.24) is 14.5 Å². The molecule has 9 heteroatoms. The SMILES string of the molecule is COc1ccc(-c2c(C)c3c(O)c(C(=O)NCC(=O)O)c(=O)n(C)n3c2C)cc1. The van der Waals surface area contributed by atoms with Crippen LogP contribution >= 0.6 is 0 Å². The van der Waals surface area contributed by atoms with Gasteiger partial charge >= 0.3 is 5.97 Å². The highest BCUT2D eigenvalue weighted by molar-refractivity contribution is 6.00. The fourth-order valence-corrected chi connectivity index (χ4v) is 3.58. The Morgan fingerprint density at radius 2 is 1.79 bits per heavy atom. The molecule has 0 atom stereocenters. The molecule has 2 aromatic heterocycles. The maximum atomic E-state index is 12.7. The quantitative estimate of drug-likeness (QED) is 0.597. The van der Waals surface area contributed by atoms with E-state index in [4.69, 9.17) is 9.84 Å². The molecule has 0 aliphatic carbocycles. The lowest BCUT2D eigenvalue weighted by molar-refractivity contribution is -0.135. The average Bonchev–Trinajstić information content (AvgIpc) is 2.95. The van der Waals surface area contributed by atoms with Crippen LogP contribution in [0.15, 0.2) is 29.1 Å². The molecular weight excluding hydrogens is 378 g/mol. The minimum Gasteiger partial charge on any atom is -0.505 e. The minimum atomic E-state index is -1.26. The number of benzene rings is 1. The molecule has 1 aromatic carbocycles. The van der Waals surface area contributed by atoms with Crippen LogP contribution in [-0.2, 0) is 11.8 Å². The molecule has 9 nitrogen and oxygen atoms in total. The number of fused-ring (bicyclic) bond motifs is 1. The van der Waals surface area contributed by atoms with Gasteiger partial charge in [0.2, 0.25) is 0 Å². The van der Waals surface area contributed by atoms with Crippen molar-refractivity contribution in [3.63, 3.8) is 0 Å². The Morgan fingerprint density at radius 3 is 2.34 bits per heavy atom. The number of hydrogen-bond donors (Lipinski definition) is 3. The van der Waals surface area contributed by atoms with Gasteiger partial charge in [0.05, 0.1) is 7.11 Å². The van der Waals surface area contributed by atoms with Gasteiger partial charge in [-0.3, -0.25) is 18.9 Å². The van der Waals surface area contributed by atoms with Crippen molar-refractivity contribution in [2.24, 2.45) is 7.05 Å². The van der Waals surface area contributed by atoms with Crippen LogP contribution in [0, 0.1) is 13.8 Å². The Morgan fingerprint density at radius 1 is 1.17 bits per heavy atom. The number of amides is 1. The number of aromatic nitrogens is 2. The third-order valence-corrected chi connectivity index (χ3v) is 4.90. The number of nitrogens with one attached hydrogen (secondary N) is 1. The Kier molecular flexibility index (Phi) is 5.06. The average molecular weight is 399 g/mol. The number of aliphatic carboxylic acids is 1. The molecule has 0 unspecified atom stereocenters. The summed E-state index contributed by atoms with van der Waals surface area (Å²) in [7, 11) is 3.05. The fourth-order valence-electron chi connectivity index (χ4n) is 3.58. The number of carbonyl (C=O) groups excluding carboxylic acids is 1. The molecule has 29 heavy (non-hydrogen) atoms. The molecule has 0 radical (unpaired) electrons. The van der Waals surface area contributed by atoms with E-state index < -0.39 is 35.3 Å². The fraction of sp³-hybridized carbons (Fsp3) is 0.250. The van der Waals surface area contributed by atoms with Gasteiger partial charge in [-0.1, -0.05) is 12.1 Å². The van der Waals surface area contributed by atoms with Gasteiger partial charge in [0.1, 0.15) is 23.4 Å². The Balaban J connectivity index is 2.28. The van der Waals surface area contributed by atoms with E-state index in [9.17, 15) is 19.5 Å². The van der Waals surface area contributed by atoms with Crippen molar-refractivity contribution in [1.29, 1.82) is 0 Å². The molecule has 3 N–H and O–H groups in total. The van der Waals surface area contributed by atoms with Crippen LogP contribution in [0.25, 0.3) is 16.6 Å². The summed E-state index contributed by atoms with van der Waals surface area (Å²) in [5.74, 6) is -2.00. The van der Waals surface area contributed by atoms with Gasteiger partial charge in [-0.25, -0.2) is 4.68 Å². The zero-order chi connectivity index (χ0) is 21.5. The number of ether oxygens (including phenoxy) is 1. The van der Waals surface area contributed by atoms with E-state index in [1.165, 1.54) is 11.7 Å². The van der Waals surface area contributed by atoms with E-state index in [0.717, 1.165) is 11.1 Å². The predicted molar refractivity (Wildman–Crippen MR) is 106 cm³/mol. The van der Waals surface area contributed by atoms with E-state index in [-0.39, 0.29) is 0 Å². The van der Waals surface area contributed by atoms with Crippen LogP contribution in [-0.4, -0.2) is 44.9 Å². The lowest BCUT2D eigenvalue weighted by Crippen LogP contribution is -2.36. The normalized spacial score (nSPS) is 10.9. The zero-order valence-corrected chi connectivity index (χ0v) is 16.4. The lowest BCUT2D eigenvalue weighted by Gasteiger charge is -2.12. The maximum absolute atomic E-state index is 12.7. The predicted octanol–water partition coefficient (Wildman–Crippen LogP) is 1.45. The number of aromatic hydroxyl groups is 1. The second-order valence-electron chi connectivity index (χ2n) is 6.60. The Labute approximate surface area is 165 Å². The summed E-state index contributed by atoms with van der Waals surface area (Å²) in [6, 6.07) is 7.34. The number of rotatable bonds is 5. The molecule has 152 valence electrons. The van der Waals surface area contributed by atoms with E-state index in [1.807, 2.05) is 19.1 Å². The topological polar surface area (TPSA) is 122 Å². The van der Waals surface area contributed by atoms with Crippen molar-refractivity contribution in [3.8, 4) is 22.6 Å². The van der Waals surface area contributed by atoms with Crippen molar-refractivity contribution >= 4 is 17.4 Å². The van der Waals surface area contributed by atoms with Crippen molar-refractivity contribution in [2.75, 3.05) is 13.7 Å². The summed E-state index contributed by atoms with van der Waals surface area (Å²) in [5.41, 5.74) is 2.11. The molecule has 0 fully saturated rings. The highest BCUT2D eigenvalue weighted by Gasteiger charge is 2.26. The molecule has 0 spiro atoms. The van der Waals surface area contributed by atoms with Gasteiger partial charge in [0.15, 0.2) is 5.75 Å². The van der Waals surface area contributed by atoms with E-state index >= 15 is 0 Å². The number of carboxylic acid groups (broad SMARTS) is 1. The third-order valence-electron chi connectivity index (χ3n) is 4.90.